The van der Waals surface area contributed by atoms with Crippen molar-refractivity contribution >= 4 is 0 Å². The molecule has 2 nitrogen and oxygen atoms in total. The van der Waals surface area contributed by atoms with Crippen molar-refractivity contribution in [1.82, 2.24) is 0 Å². The molecule has 0 radical (unpaired) electrons. The molecular weight excluding hydrogens is 212 g/mol. The molecule has 0 spiro atoms. The van der Waals surface area contributed by atoms with E-state index in [0.717, 1.165) is 32.5 Å². The molecule has 1 aliphatic rings. The van der Waals surface area contributed by atoms with Crippen LogP contribution in [-0.2, 0) is 11.2 Å². The summed E-state index contributed by atoms with van der Waals surface area (Å²) in [5.74, 6) is 0. The van der Waals surface area contributed by atoms with Crippen molar-refractivity contribution in [2.75, 3.05) is 19.8 Å². The van der Waals surface area contributed by atoms with Crippen molar-refractivity contribution in [3.8, 4) is 0 Å². The van der Waals surface area contributed by atoms with Gasteiger partial charge in [-0.15, -0.1) is 0 Å². The Bertz CT molecular complexity index is 379. The van der Waals surface area contributed by atoms with Gasteiger partial charge in [-0.25, -0.2) is 0 Å². The van der Waals surface area contributed by atoms with Crippen LogP contribution in [0.2, 0.25) is 0 Å². The van der Waals surface area contributed by atoms with Crippen LogP contribution in [0.5, 0.6) is 0 Å². The number of benzene rings is 1. The first-order chi connectivity index (χ1) is 8.15. The number of ether oxygens (including phenoxy) is 1. The second-order valence-corrected chi connectivity index (χ2v) is 5.38. The summed E-state index contributed by atoms with van der Waals surface area (Å²) in [6, 6.07) is 6.58. The summed E-state index contributed by atoms with van der Waals surface area (Å²) in [5.41, 5.74) is 4.04. The number of aliphatic hydroxyl groups excluding tert-OH is 1. The van der Waals surface area contributed by atoms with Gasteiger partial charge in [0.25, 0.3) is 0 Å². The Hall–Kier alpha value is -0.860. The van der Waals surface area contributed by atoms with Gasteiger partial charge in [0, 0.05) is 25.2 Å². The smallest absolute Gasteiger partial charge is 0.0492 e. The summed E-state index contributed by atoms with van der Waals surface area (Å²) in [6.45, 7) is 6.11. The van der Waals surface area contributed by atoms with E-state index in [1.807, 2.05) is 0 Å². The van der Waals surface area contributed by atoms with Gasteiger partial charge in [0.2, 0.25) is 0 Å². The Balaban J connectivity index is 2.20. The van der Waals surface area contributed by atoms with Gasteiger partial charge in [-0.1, -0.05) is 23.8 Å². The maximum Gasteiger partial charge on any atom is 0.0492 e. The lowest BCUT2D eigenvalue weighted by molar-refractivity contribution is -0.0158. The minimum Gasteiger partial charge on any atom is -0.396 e. The topological polar surface area (TPSA) is 29.5 Å². The Labute approximate surface area is 104 Å². The van der Waals surface area contributed by atoms with Gasteiger partial charge in [0.15, 0.2) is 0 Å². The van der Waals surface area contributed by atoms with Crippen molar-refractivity contribution < 1.29 is 9.84 Å². The molecule has 0 unspecified atom stereocenters. The largest absolute Gasteiger partial charge is 0.396 e. The van der Waals surface area contributed by atoms with Crippen molar-refractivity contribution in [2.24, 2.45) is 5.41 Å². The fourth-order valence-corrected chi connectivity index (χ4v) is 2.59. The highest BCUT2D eigenvalue weighted by molar-refractivity contribution is 5.31. The van der Waals surface area contributed by atoms with E-state index in [4.69, 9.17) is 4.74 Å². The van der Waals surface area contributed by atoms with Crippen LogP contribution in [0.4, 0.5) is 0 Å². The average molecular weight is 234 g/mol. The lowest BCUT2D eigenvalue weighted by atomic mass is 9.75. The first-order valence-corrected chi connectivity index (χ1v) is 6.40. The van der Waals surface area contributed by atoms with Crippen molar-refractivity contribution in [3.05, 3.63) is 34.9 Å². The van der Waals surface area contributed by atoms with Gasteiger partial charge in [-0.05, 0) is 44.2 Å². The molecule has 0 atom stereocenters. The summed E-state index contributed by atoms with van der Waals surface area (Å²) in [6.07, 6.45) is 2.91. The SMILES string of the molecule is Cc1ccc(C)c(CC2(CO)CCOCC2)c1. The zero-order valence-electron chi connectivity index (χ0n) is 10.8. The standard InChI is InChI=1S/C15H22O2/c1-12-3-4-13(2)14(9-12)10-15(11-16)5-7-17-8-6-15/h3-4,9,16H,5-8,10-11H2,1-2H3. The van der Waals surface area contributed by atoms with Crippen LogP contribution in [-0.4, -0.2) is 24.9 Å². The van der Waals surface area contributed by atoms with E-state index >= 15 is 0 Å². The molecule has 0 saturated carbocycles. The minimum atomic E-state index is 0.0385. The third-order valence-corrected chi connectivity index (χ3v) is 3.96. The average Bonchev–Trinajstić information content (AvgIpc) is 2.35. The van der Waals surface area contributed by atoms with Crippen molar-refractivity contribution in [1.29, 1.82) is 0 Å². The molecule has 0 bridgehead atoms. The quantitative estimate of drug-likeness (QED) is 0.871. The number of hydrogen-bond acceptors (Lipinski definition) is 2. The van der Waals surface area contributed by atoms with Gasteiger partial charge in [-0.2, -0.15) is 0 Å². The Kier molecular flexibility index (Phi) is 3.85. The maximum atomic E-state index is 9.71. The lowest BCUT2D eigenvalue weighted by Crippen LogP contribution is -2.35. The van der Waals surface area contributed by atoms with Crippen LogP contribution < -0.4 is 0 Å². The summed E-state index contributed by atoms with van der Waals surface area (Å²) < 4.78 is 5.41. The first-order valence-electron chi connectivity index (χ1n) is 6.40. The lowest BCUT2D eigenvalue weighted by Gasteiger charge is -2.36. The Morgan fingerprint density at radius 3 is 2.59 bits per heavy atom. The normalized spacial score (nSPS) is 19.2. The molecule has 1 aliphatic heterocycles. The third kappa shape index (κ3) is 2.88. The van der Waals surface area contributed by atoms with E-state index in [-0.39, 0.29) is 12.0 Å². The van der Waals surface area contributed by atoms with E-state index in [0.29, 0.717) is 0 Å². The molecule has 17 heavy (non-hydrogen) atoms. The van der Waals surface area contributed by atoms with Crippen LogP contribution in [0.3, 0.4) is 0 Å². The van der Waals surface area contributed by atoms with E-state index in [1.165, 1.54) is 16.7 Å². The zero-order valence-corrected chi connectivity index (χ0v) is 10.8. The molecule has 0 amide bonds. The van der Waals surface area contributed by atoms with E-state index < -0.39 is 0 Å². The van der Waals surface area contributed by atoms with Gasteiger partial charge >= 0.3 is 0 Å². The zero-order chi connectivity index (χ0) is 12.3. The Morgan fingerprint density at radius 2 is 1.94 bits per heavy atom. The van der Waals surface area contributed by atoms with Crippen LogP contribution in [0.1, 0.15) is 29.5 Å². The molecule has 0 aromatic heterocycles. The van der Waals surface area contributed by atoms with E-state index in [9.17, 15) is 5.11 Å². The van der Waals surface area contributed by atoms with Gasteiger partial charge in [0.05, 0.1) is 0 Å². The third-order valence-electron chi connectivity index (χ3n) is 3.96. The second kappa shape index (κ2) is 5.19. The number of hydrogen-bond donors (Lipinski definition) is 1. The monoisotopic (exact) mass is 234 g/mol. The molecule has 1 heterocycles. The van der Waals surface area contributed by atoms with Gasteiger partial charge in [0.1, 0.15) is 0 Å². The fraction of sp³-hybridized carbons (Fsp3) is 0.600. The highest BCUT2D eigenvalue weighted by atomic mass is 16.5. The minimum absolute atomic E-state index is 0.0385. The van der Waals surface area contributed by atoms with Crippen molar-refractivity contribution in [3.63, 3.8) is 0 Å². The molecular formula is C15H22O2. The van der Waals surface area contributed by atoms with Crippen LogP contribution in [0, 0.1) is 19.3 Å². The predicted molar refractivity (Wildman–Crippen MR) is 69.2 cm³/mol. The highest BCUT2D eigenvalue weighted by Gasteiger charge is 2.32. The molecule has 2 heteroatoms. The molecule has 1 fully saturated rings. The molecule has 1 aromatic carbocycles. The predicted octanol–water partition coefficient (Wildman–Crippen LogP) is 2.64. The number of aryl methyl sites for hydroxylation is 2. The molecule has 1 N–H and O–H groups in total. The summed E-state index contributed by atoms with van der Waals surface area (Å²) in [5, 5.41) is 9.71. The molecule has 1 aromatic rings. The van der Waals surface area contributed by atoms with Crippen molar-refractivity contribution in [2.45, 2.75) is 33.1 Å². The summed E-state index contributed by atoms with van der Waals surface area (Å²) >= 11 is 0. The van der Waals surface area contributed by atoms with Gasteiger partial charge in [-0.3, -0.25) is 0 Å². The van der Waals surface area contributed by atoms with Gasteiger partial charge < -0.3 is 9.84 Å². The molecule has 94 valence electrons. The number of aliphatic hydroxyl groups is 1. The molecule has 1 saturated heterocycles. The first kappa shape index (κ1) is 12.6. The van der Waals surface area contributed by atoms with Crippen LogP contribution in [0.25, 0.3) is 0 Å². The summed E-state index contributed by atoms with van der Waals surface area (Å²) in [7, 11) is 0. The molecule has 0 aliphatic carbocycles. The second-order valence-electron chi connectivity index (χ2n) is 5.38. The maximum absolute atomic E-state index is 9.71. The number of rotatable bonds is 3. The van der Waals surface area contributed by atoms with Crippen LogP contribution >= 0.6 is 0 Å². The van der Waals surface area contributed by atoms with E-state index in [2.05, 4.69) is 32.0 Å². The van der Waals surface area contributed by atoms with Crippen LogP contribution in [0.15, 0.2) is 18.2 Å². The fourth-order valence-electron chi connectivity index (χ4n) is 2.59. The molecule has 2 rings (SSSR count). The highest BCUT2D eigenvalue weighted by Crippen LogP contribution is 2.34. The Morgan fingerprint density at radius 1 is 1.24 bits per heavy atom. The van der Waals surface area contributed by atoms with E-state index in [1.54, 1.807) is 0 Å². The summed E-state index contributed by atoms with van der Waals surface area (Å²) in [4.78, 5) is 0.